The van der Waals surface area contributed by atoms with E-state index in [2.05, 4.69) is 36.2 Å². The summed E-state index contributed by atoms with van der Waals surface area (Å²) in [6, 6.07) is 17.8. The van der Waals surface area contributed by atoms with Crippen molar-refractivity contribution in [1.29, 1.82) is 0 Å². The summed E-state index contributed by atoms with van der Waals surface area (Å²) in [6.07, 6.45) is 3.61. The third-order valence-corrected chi connectivity index (χ3v) is 3.82. The molecular weight excluding hydrogens is 364 g/mol. The van der Waals surface area contributed by atoms with E-state index < -0.39 is 0 Å². The number of aryl methyl sites for hydroxylation is 2. The molecule has 0 atom stereocenters. The minimum Gasteiger partial charge on any atom is -1.00 e. The quantitative estimate of drug-likeness (QED) is 0.487. The minimum absolute atomic E-state index is 0. The molecule has 122 valence electrons. The maximum Gasteiger partial charge on any atom is 0.287 e. The largest absolute Gasteiger partial charge is 1.00 e. The van der Waals surface area contributed by atoms with Gasteiger partial charge >= 0.3 is 0 Å². The Morgan fingerprint density at radius 2 is 1.50 bits per heavy atom. The van der Waals surface area contributed by atoms with Crippen molar-refractivity contribution in [3.63, 3.8) is 0 Å². The number of rotatable bonds is 4. The Bertz CT molecular complexity index is 810. The molecule has 0 saturated carbocycles. The summed E-state index contributed by atoms with van der Waals surface area (Å²) in [5, 5.41) is 0. The van der Waals surface area contributed by atoms with Crippen molar-refractivity contribution in [3.8, 4) is 11.3 Å². The van der Waals surface area contributed by atoms with Gasteiger partial charge in [0.2, 0.25) is 5.78 Å². The zero-order valence-electron chi connectivity index (χ0n) is 13.7. The van der Waals surface area contributed by atoms with Gasteiger partial charge in [-0.25, -0.2) is 4.57 Å². The molecule has 3 nitrogen and oxygen atoms in total. The van der Waals surface area contributed by atoms with Crippen LogP contribution in [0.3, 0.4) is 0 Å². The van der Waals surface area contributed by atoms with Crippen LogP contribution in [-0.4, -0.2) is 10.8 Å². The van der Waals surface area contributed by atoms with Gasteiger partial charge in [0.1, 0.15) is 0 Å². The average Bonchev–Trinajstić information content (AvgIpc) is 2.57. The van der Waals surface area contributed by atoms with E-state index in [1.165, 1.54) is 5.56 Å². The van der Waals surface area contributed by atoms with E-state index in [0.29, 0.717) is 6.54 Å². The molecule has 0 spiro atoms. The van der Waals surface area contributed by atoms with Gasteiger partial charge in [0.15, 0.2) is 12.2 Å². The summed E-state index contributed by atoms with van der Waals surface area (Å²) in [5.41, 5.74) is 5.09. The van der Waals surface area contributed by atoms with Crippen LogP contribution in [-0.2, 0) is 6.54 Å². The number of carbonyl (C=O) groups is 1. The van der Waals surface area contributed by atoms with Crippen molar-refractivity contribution >= 4 is 5.78 Å². The molecule has 1 aromatic heterocycles. The average molecular weight is 383 g/mol. The van der Waals surface area contributed by atoms with E-state index in [1.807, 2.05) is 43.5 Å². The second kappa shape index (κ2) is 7.97. The van der Waals surface area contributed by atoms with Crippen molar-refractivity contribution in [2.45, 2.75) is 20.4 Å². The Hall–Kier alpha value is -2.33. The molecule has 0 unspecified atom stereocenters. The maximum atomic E-state index is 12.3. The van der Waals surface area contributed by atoms with Crippen LogP contribution in [0.2, 0.25) is 0 Å². The first-order valence-electron chi connectivity index (χ1n) is 7.64. The molecule has 24 heavy (non-hydrogen) atoms. The molecule has 3 rings (SSSR count). The molecule has 0 radical (unpaired) electrons. The number of nitrogens with zero attached hydrogens (tertiary/aromatic N) is 2. The third-order valence-electron chi connectivity index (χ3n) is 3.82. The van der Waals surface area contributed by atoms with Gasteiger partial charge in [-0.3, -0.25) is 4.79 Å². The highest BCUT2D eigenvalue weighted by Crippen LogP contribution is 2.15. The molecule has 0 aliphatic carbocycles. The first kappa shape index (κ1) is 18.0. The van der Waals surface area contributed by atoms with E-state index in [1.54, 1.807) is 10.9 Å². The number of Topliss-reactive ketones (excluding diaryl/α,β-unsaturated/α-hetero) is 1. The fourth-order valence-corrected chi connectivity index (χ4v) is 2.37. The lowest BCUT2D eigenvalue weighted by atomic mass is 10.1. The van der Waals surface area contributed by atoms with Gasteiger partial charge in [0.25, 0.3) is 6.33 Å². The smallest absolute Gasteiger partial charge is 0.287 e. The Kier molecular flexibility index (Phi) is 5.99. The van der Waals surface area contributed by atoms with Crippen LogP contribution < -0.4 is 21.5 Å². The SMILES string of the molecule is Cc1ccc(C(=O)C[n+]2ccc(-c3ccc(C)cc3)nc2)cc1.[Br-]. The highest BCUT2D eigenvalue weighted by atomic mass is 79.9. The van der Waals surface area contributed by atoms with Crippen LogP contribution in [0.5, 0.6) is 0 Å². The lowest BCUT2D eigenvalue weighted by Gasteiger charge is -2.01. The predicted octanol–water partition coefficient (Wildman–Crippen LogP) is 0.540. The van der Waals surface area contributed by atoms with E-state index in [-0.39, 0.29) is 22.8 Å². The number of benzene rings is 2. The molecule has 0 N–H and O–H groups in total. The summed E-state index contributed by atoms with van der Waals surface area (Å²) in [4.78, 5) is 16.7. The van der Waals surface area contributed by atoms with Crippen molar-refractivity contribution in [2.75, 3.05) is 0 Å². The maximum absolute atomic E-state index is 12.3. The summed E-state index contributed by atoms with van der Waals surface area (Å²) >= 11 is 0. The van der Waals surface area contributed by atoms with E-state index >= 15 is 0 Å². The van der Waals surface area contributed by atoms with Crippen LogP contribution in [0.1, 0.15) is 21.5 Å². The van der Waals surface area contributed by atoms with Crippen LogP contribution in [0, 0.1) is 13.8 Å². The Labute approximate surface area is 152 Å². The van der Waals surface area contributed by atoms with Crippen LogP contribution >= 0.6 is 0 Å². The summed E-state index contributed by atoms with van der Waals surface area (Å²) in [6.45, 7) is 4.37. The number of hydrogen-bond acceptors (Lipinski definition) is 2. The number of aromatic nitrogens is 2. The standard InChI is InChI=1S/C20H19N2O.BrH/c1-15-3-7-17(8-4-15)19-11-12-22(14-21-19)13-20(23)18-9-5-16(2)6-10-18;/h3-12,14H,13H2,1-2H3;1H/q+1;/p-1. The monoisotopic (exact) mass is 382 g/mol. The number of hydrogen-bond donors (Lipinski definition) is 0. The van der Waals surface area contributed by atoms with Gasteiger partial charge in [-0.15, -0.1) is 0 Å². The molecule has 0 fully saturated rings. The second-order valence-corrected chi connectivity index (χ2v) is 5.77. The molecule has 0 aliphatic heterocycles. The predicted molar refractivity (Wildman–Crippen MR) is 90.1 cm³/mol. The Morgan fingerprint density at radius 3 is 2.04 bits per heavy atom. The topological polar surface area (TPSA) is 33.8 Å². The molecule has 0 aliphatic rings. The summed E-state index contributed by atoms with van der Waals surface area (Å²) in [7, 11) is 0. The first-order chi connectivity index (χ1) is 11.1. The molecule has 0 saturated heterocycles. The number of carbonyl (C=O) groups excluding carboxylic acids is 1. The van der Waals surface area contributed by atoms with Gasteiger partial charge < -0.3 is 17.0 Å². The normalized spacial score (nSPS) is 10.1. The summed E-state index contributed by atoms with van der Waals surface area (Å²) < 4.78 is 1.81. The van der Waals surface area contributed by atoms with E-state index in [4.69, 9.17) is 0 Å². The van der Waals surface area contributed by atoms with Crippen LogP contribution in [0.15, 0.2) is 67.1 Å². The molecular formula is C20H19BrN2O. The fourth-order valence-electron chi connectivity index (χ4n) is 2.37. The first-order valence-corrected chi connectivity index (χ1v) is 7.64. The van der Waals surface area contributed by atoms with Gasteiger partial charge in [-0.05, 0) is 18.8 Å². The number of ketones is 1. The Balaban J connectivity index is 0.00000208. The van der Waals surface area contributed by atoms with E-state index in [0.717, 1.165) is 22.4 Å². The highest BCUT2D eigenvalue weighted by Gasteiger charge is 2.11. The lowest BCUT2D eigenvalue weighted by molar-refractivity contribution is -0.686. The Morgan fingerprint density at radius 1 is 0.917 bits per heavy atom. The molecule has 2 aromatic carbocycles. The van der Waals surface area contributed by atoms with Crippen LogP contribution in [0.25, 0.3) is 11.3 Å². The van der Waals surface area contributed by atoms with Gasteiger partial charge in [-0.1, -0.05) is 59.7 Å². The summed E-state index contributed by atoms with van der Waals surface area (Å²) in [5.74, 6) is 0.0832. The molecule has 0 bridgehead atoms. The van der Waals surface area contributed by atoms with E-state index in [9.17, 15) is 4.79 Å². The molecule has 3 aromatic rings. The zero-order valence-corrected chi connectivity index (χ0v) is 15.3. The van der Waals surface area contributed by atoms with Crippen molar-refractivity contribution in [3.05, 3.63) is 83.8 Å². The van der Waals surface area contributed by atoms with Crippen molar-refractivity contribution < 1.29 is 26.3 Å². The number of halogens is 1. The molecule has 0 amide bonds. The van der Waals surface area contributed by atoms with Crippen molar-refractivity contribution in [2.24, 2.45) is 0 Å². The zero-order chi connectivity index (χ0) is 16.2. The van der Waals surface area contributed by atoms with Crippen molar-refractivity contribution in [1.82, 2.24) is 4.98 Å². The van der Waals surface area contributed by atoms with Crippen LogP contribution in [0.4, 0.5) is 0 Å². The minimum atomic E-state index is 0. The highest BCUT2D eigenvalue weighted by molar-refractivity contribution is 5.95. The van der Waals surface area contributed by atoms with Gasteiger partial charge in [0.05, 0.1) is 6.20 Å². The second-order valence-electron chi connectivity index (χ2n) is 5.77. The lowest BCUT2D eigenvalue weighted by Crippen LogP contribution is -3.00. The van der Waals surface area contributed by atoms with Gasteiger partial charge in [0, 0.05) is 17.2 Å². The molecule has 4 heteroatoms. The fraction of sp³-hybridized carbons (Fsp3) is 0.150. The van der Waals surface area contributed by atoms with Gasteiger partial charge in [-0.2, -0.15) is 0 Å². The third kappa shape index (κ3) is 4.36. The molecule has 1 heterocycles.